The molecule has 0 amide bonds. The molecule has 2 aliphatic heterocycles. The van der Waals surface area contributed by atoms with Crippen LogP contribution in [0.3, 0.4) is 0 Å². The average Bonchev–Trinajstić information content (AvgIpc) is 3.19. The molecule has 0 radical (unpaired) electrons. The van der Waals surface area contributed by atoms with Gasteiger partial charge >= 0.3 is 0 Å². The smallest absolute Gasteiger partial charge is 0.183 e. The van der Waals surface area contributed by atoms with Gasteiger partial charge in [0.15, 0.2) is 11.5 Å². The third-order valence-electron chi connectivity index (χ3n) is 6.09. The largest absolute Gasteiger partial charge is 0.356 e. The summed E-state index contributed by atoms with van der Waals surface area (Å²) >= 11 is 0. The van der Waals surface area contributed by atoms with Crippen molar-refractivity contribution >= 4 is 11.6 Å². The van der Waals surface area contributed by atoms with Crippen LogP contribution < -0.4 is 9.80 Å². The molecule has 2 saturated heterocycles. The first kappa shape index (κ1) is 15.5. The van der Waals surface area contributed by atoms with Gasteiger partial charge in [-0.05, 0) is 12.8 Å². The Morgan fingerprint density at radius 2 is 1.65 bits per heavy atom. The summed E-state index contributed by atoms with van der Waals surface area (Å²) in [5, 5.41) is 9.27. The van der Waals surface area contributed by atoms with Gasteiger partial charge in [0, 0.05) is 68.1 Å². The van der Waals surface area contributed by atoms with Crippen LogP contribution in [0.15, 0.2) is 24.8 Å². The molecular formula is C19H21N7. The van der Waals surface area contributed by atoms with Crippen LogP contribution in [0.4, 0.5) is 11.6 Å². The lowest BCUT2D eigenvalue weighted by Gasteiger charge is -2.26. The molecule has 7 heteroatoms. The molecule has 1 aliphatic carbocycles. The number of hydrogen-bond acceptors (Lipinski definition) is 7. The Kier molecular flexibility index (Phi) is 3.70. The van der Waals surface area contributed by atoms with Gasteiger partial charge in [0.1, 0.15) is 18.2 Å². The van der Waals surface area contributed by atoms with Crippen LogP contribution in [0.1, 0.15) is 36.6 Å². The Morgan fingerprint density at radius 3 is 2.35 bits per heavy atom. The molecule has 4 heterocycles. The zero-order valence-corrected chi connectivity index (χ0v) is 14.6. The maximum absolute atomic E-state index is 9.27. The average molecular weight is 347 g/mol. The van der Waals surface area contributed by atoms with Crippen LogP contribution in [0, 0.1) is 23.2 Å². The maximum Gasteiger partial charge on any atom is 0.183 e. The Hall–Kier alpha value is -2.75. The van der Waals surface area contributed by atoms with Gasteiger partial charge < -0.3 is 9.80 Å². The summed E-state index contributed by atoms with van der Waals surface area (Å²) in [5.41, 5.74) is 1.63. The zero-order valence-electron chi connectivity index (χ0n) is 14.6. The highest BCUT2D eigenvalue weighted by Crippen LogP contribution is 2.38. The lowest BCUT2D eigenvalue weighted by Crippen LogP contribution is -2.30. The minimum absolute atomic E-state index is 0.422. The molecule has 2 aromatic rings. The predicted molar refractivity (Wildman–Crippen MR) is 96.8 cm³/mol. The lowest BCUT2D eigenvalue weighted by molar-refractivity contribution is 0.410. The van der Waals surface area contributed by atoms with E-state index in [9.17, 15) is 5.26 Å². The molecule has 2 atom stereocenters. The summed E-state index contributed by atoms with van der Waals surface area (Å²) in [6.07, 6.45) is 8.81. The minimum atomic E-state index is 0.422. The van der Waals surface area contributed by atoms with E-state index in [-0.39, 0.29) is 0 Å². The Balaban J connectivity index is 1.29. The van der Waals surface area contributed by atoms with Crippen molar-refractivity contribution in [2.45, 2.75) is 25.2 Å². The molecule has 0 spiro atoms. The van der Waals surface area contributed by atoms with Gasteiger partial charge in [-0.1, -0.05) is 6.42 Å². The van der Waals surface area contributed by atoms with Gasteiger partial charge in [-0.2, -0.15) is 5.26 Å². The van der Waals surface area contributed by atoms with Gasteiger partial charge in [0.05, 0.1) is 0 Å². The fourth-order valence-corrected chi connectivity index (χ4v) is 4.46. The van der Waals surface area contributed by atoms with E-state index in [0.29, 0.717) is 23.4 Å². The van der Waals surface area contributed by atoms with E-state index in [1.807, 2.05) is 0 Å². The molecule has 0 bridgehead atoms. The van der Waals surface area contributed by atoms with Crippen LogP contribution in [0.2, 0.25) is 0 Å². The molecule has 0 N–H and O–H groups in total. The van der Waals surface area contributed by atoms with E-state index in [1.165, 1.54) is 25.0 Å². The van der Waals surface area contributed by atoms with E-state index >= 15 is 0 Å². The molecule has 2 unspecified atom stereocenters. The molecule has 5 rings (SSSR count). The van der Waals surface area contributed by atoms with Crippen molar-refractivity contribution in [1.82, 2.24) is 19.9 Å². The maximum atomic E-state index is 9.27. The molecule has 7 nitrogen and oxygen atoms in total. The summed E-state index contributed by atoms with van der Waals surface area (Å²) in [7, 11) is 0. The Bertz CT molecular complexity index is 843. The highest BCUT2D eigenvalue weighted by molar-refractivity contribution is 5.51. The van der Waals surface area contributed by atoms with Crippen molar-refractivity contribution < 1.29 is 0 Å². The van der Waals surface area contributed by atoms with Crippen LogP contribution in [-0.4, -0.2) is 46.1 Å². The first-order valence-corrected chi connectivity index (χ1v) is 9.35. The second kappa shape index (κ2) is 6.20. The van der Waals surface area contributed by atoms with E-state index in [1.54, 1.807) is 18.7 Å². The molecule has 1 saturated carbocycles. The summed E-state index contributed by atoms with van der Waals surface area (Å²) in [4.78, 5) is 22.2. The van der Waals surface area contributed by atoms with Gasteiger partial charge in [-0.15, -0.1) is 0 Å². The second-order valence-corrected chi connectivity index (χ2v) is 7.60. The topological polar surface area (TPSA) is 81.8 Å². The first-order chi connectivity index (χ1) is 12.8. The van der Waals surface area contributed by atoms with Crippen molar-refractivity contribution in [1.29, 1.82) is 5.26 Å². The van der Waals surface area contributed by atoms with Crippen molar-refractivity contribution in [2.75, 3.05) is 36.0 Å². The van der Waals surface area contributed by atoms with E-state index in [2.05, 4.69) is 41.9 Å². The number of hydrogen-bond donors (Lipinski definition) is 0. The summed E-state index contributed by atoms with van der Waals surface area (Å²) in [5.74, 6) is 3.58. The number of aromatic nitrogens is 4. The number of nitriles is 1. The van der Waals surface area contributed by atoms with Crippen molar-refractivity contribution in [3.8, 4) is 6.07 Å². The van der Waals surface area contributed by atoms with E-state index < -0.39 is 0 Å². The number of fused-ring (bicyclic) bond motifs is 1. The molecule has 26 heavy (non-hydrogen) atoms. The Labute approximate surface area is 152 Å². The highest BCUT2D eigenvalue weighted by atomic mass is 15.3. The van der Waals surface area contributed by atoms with E-state index in [4.69, 9.17) is 0 Å². The van der Waals surface area contributed by atoms with Gasteiger partial charge in [-0.25, -0.2) is 19.9 Å². The second-order valence-electron chi connectivity index (χ2n) is 7.60. The van der Waals surface area contributed by atoms with E-state index in [0.717, 1.165) is 37.8 Å². The quantitative estimate of drug-likeness (QED) is 0.839. The molecule has 0 aromatic carbocycles. The minimum Gasteiger partial charge on any atom is -0.356 e. The SMILES string of the molecule is N#Cc1nccnc1N1CC2CN(c3cc(C4CCC4)ncn3)CC2C1. The normalized spacial score (nSPS) is 25.0. The summed E-state index contributed by atoms with van der Waals surface area (Å²) < 4.78 is 0. The van der Waals surface area contributed by atoms with Gasteiger partial charge in [0.25, 0.3) is 0 Å². The fraction of sp³-hybridized carbons (Fsp3) is 0.526. The first-order valence-electron chi connectivity index (χ1n) is 9.35. The molecule has 132 valence electrons. The number of anilines is 2. The predicted octanol–water partition coefficient (Wildman–Crippen LogP) is 1.98. The van der Waals surface area contributed by atoms with Crippen molar-refractivity contribution in [3.05, 3.63) is 36.2 Å². The lowest BCUT2D eigenvalue weighted by atomic mass is 9.83. The third kappa shape index (κ3) is 2.57. The molecule has 3 fully saturated rings. The van der Waals surface area contributed by atoms with Crippen LogP contribution in [-0.2, 0) is 0 Å². The van der Waals surface area contributed by atoms with Crippen LogP contribution >= 0.6 is 0 Å². The highest BCUT2D eigenvalue weighted by Gasteiger charge is 2.41. The number of nitrogens with zero attached hydrogens (tertiary/aromatic N) is 7. The standard InChI is InChI=1S/C19H21N7/c20-7-17-19(22-5-4-21-17)26-10-14-8-25(9-15(14)11-26)18-6-16(23-12-24-18)13-2-1-3-13/h4-6,12-15H,1-3,8-11H2. The third-order valence-corrected chi connectivity index (χ3v) is 6.09. The summed E-state index contributed by atoms with van der Waals surface area (Å²) in [6, 6.07) is 4.35. The number of rotatable bonds is 3. The zero-order chi connectivity index (χ0) is 17.5. The van der Waals surface area contributed by atoms with Crippen LogP contribution in [0.25, 0.3) is 0 Å². The van der Waals surface area contributed by atoms with Crippen LogP contribution in [0.5, 0.6) is 0 Å². The Morgan fingerprint density at radius 1 is 0.923 bits per heavy atom. The monoisotopic (exact) mass is 347 g/mol. The molecule has 3 aliphatic rings. The summed E-state index contributed by atoms with van der Waals surface area (Å²) in [6.45, 7) is 3.86. The fourth-order valence-electron chi connectivity index (χ4n) is 4.46. The van der Waals surface area contributed by atoms with Gasteiger partial charge in [-0.3, -0.25) is 0 Å². The molecule has 2 aromatic heterocycles. The molecular weight excluding hydrogens is 326 g/mol. The van der Waals surface area contributed by atoms with Crippen molar-refractivity contribution in [2.24, 2.45) is 11.8 Å². The van der Waals surface area contributed by atoms with Crippen molar-refractivity contribution in [3.63, 3.8) is 0 Å². The van der Waals surface area contributed by atoms with Gasteiger partial charge in [0.2, 0.25) is 0 Å².